The lowest BCUT2D eigenvalue weighted by atomic mass is 10.0. The molecule has 0 bridgehead atoms. The Labute approximate surface area is 124 Å². The molecule has 0 spiro atoms. The van der Waals surface area contributed by atoms with E-state index in [-0.39, 0.29) is 11.9 Å². The maximum atomic E-state index is 12.4. The van der Waals surface area contributed by atoms with Gasteiger partial charge in [-0.1, -0.05) is 42.5 Å². The Morgan fingerprint density at radius 3 is 2.57 bits per heavy atom. The van der Waals surface area contributed by atoms with E-state index >= 15 is 0 Å². The molecule has 1 aromatic heterocycles. The number of rotatable bonds is 3. The Hall–Kier alpha value is -2.55. The molecule has 0 aliphatic heterocycles. The summed E-state index contributed by atoms with van der Waals surface area (Å²) < 4.78 is 0. The molecule has 0 saturated heterocycles. The summed E-state index contributed by atoms with van der Waals surface area (Å²) in [7, 11) is 0. The number of benzene rings is 2. The average Bonchev–Trinajstić information content (AvgIpc) is 2.91. The van der Waals surface area contributed by atoms with Gasteiger partial charge in [0.1, 0.15) is 5.69 Å². The number of carbonyl (C=O) groups is 1. The topological polar surface area (TPSA) is 44.9 Å². The highest BCUT2D eigenvalue weighted by Gasteiger charge is 2.14. The van der Waals surface area contributed by atoms with Crippen LogP contribution in [0.15, 0.2) is 54.6 Å². The van der Waals surface area contributed by atoms with E-state index in [4.69, 9.17) is 0 Å². The second-order valence-corrected chi connectivity index (χ2v) is 5.32. The zero-order valence-electron chi connectivity index (χ0n) is 12.2. The summed E-state index contributed by atoms with van der Waals surface area (Å²) in [5.74, 6) is -0.0815. The van der Waals surface area contributed by atoms with Crippen molar-refractivity contribution in [2.45, 2.75) is 19.9 Å². The van der Waals surface area contributed by atoms with Crippen molar-refractivity contribution in [1.29, 1.82) is 0 Å². The second kappa shape index (κ2) is 5.44. The SMILES string of the molecule is Cc1ccccc1C(C)NC(=O)c1cc2ccccc2[nH]1. The molecule has 3 aromatic rings. The van der Waals surface area contributed by atoms with Gasteiger partial charge in [0.2, 0.25) is 0 Å². The Balaban J connectivity index is 1.81. The zero-order chi connectivity index (χ0) is 14.8. The first-order chi connectivity index (χ1) is 10.1. The molecule has 2 N–H and O–H groups in total. The number of aromatic amines is 1. The number of nitrogens with one attached hydrogen (secondary N) is 2. The lowest BCUT2D eigenvalue weighted by molar-refractivity contribution is 0.0935. The van der Waals surface area contributed by atoms with E-state index in [1.165, 1.54) is 5.56 Å². The summed E-state index contributed by atoms with van der Waals surface area (Å²) in [6.07, 6.45) is 0. The molecule has 3 heteroatoms. The normalized spacial score (nSPS) is 12.3. The summed E-state index contributed by atoms with van der Waals surface area (Å²) >= 11 is 0. The van der Waals surface area contributed by atoms with Crippen molar-refractivity contribution in [3.63, 3.8) is 0 Å². The molecule has 0 radical (unpaired) electrons. The molecule has 106 valence electrons. The number of carbonyl (C=O) groups excluding carboxylic acids is 1. The van der Waals surface area contributed by atoms with E-state index < -0.39 is 0 Å². The third-order valence-electron chi connectivity index (χ3n) is 3.78. The number of hydrogen-bond acceptors (Lipinski definition) is 1. The zero-order valence-corrected chi connectivity index (χ0v) is 12.2. The van der Waals surface area contributed by atoms with Crippen LogP contribution in [0.2, 0.25) is 0 Å². The third-order valence-corrected chi connectivity index (χ3v) is 3.78. The number of aromatic nitrogens is 1. The molecule has 0 fully saturated rings. The van der Waals surface area contributed by atoms with Gasteiger partial charge < -0.3 is 10.3 Å². The van der Waals surface area contributed by atoms with Crippen LogP contribution in [0.25, 0.3) is 10.9 Å². The molecule has 1 amide bonds. The standard InChI is InChI=1S/C18H18N2O/c1-12-7-3-5-9-15(12)13(2)19-18(21)17-11-14-8-4-6-10-16(14)20-17/h3-11,13,20H,1-2H3,(H,19,21). The molecule has 1 heterocycles. The van der Waals surface area contributed by atoms with Crippen LogP contribution in [0, 0.1) is 6.92 Å². The van der Waals surface area contributed by atoms with Crippen molar-refractivity contribution in [1.82, 2.24) is 10.3 Å². The van der Waals surface area contributed by atoms with Crippen LogP contribution in [0.3, 0.4) is 0 Å². The molecule has 2 aromatic carbocycles. The van der Waals surface area contributed by atoms with E-state index in [9.17, 15) is 4.79 Å². The monoisotopic (exact) mass is 278 g/mol. The number of amides is 1. The van der Waals surface area contributed by atoms with E-state index in [1.807, 2.05) is 55.5 Å². The van der Waals surface area contributed by atoms with Crippen LogP contribution >= 0.6 is 0 Å². The van der Waals surface area contributed by atoms with Gasteiger partial charge in [0, 0.05) is 10.9 Å². The van der Waals surface area contributed by atoms with Crippen LogP contribution in [-0.2, 0) is 0 Å². The number of para-hydroxylation sites is 1. The van der Waals surface area contributed by atoms with Crippen LogP contribution < -0.4 is 5.32 Å². The number of hydrogen-bond donors (Lipinski definition) is 2. The van der Waals surface area contributed by atoms with Crippen molar-refractivity contribution in [3.05, 3.63) is 71.4 Å². The Bertz CT molecular complexity index is 756. The predicted molar refractivity (Wildman–Crippen MR) is 85.4 cm³/mol. The highest BCUT2D eigenvalue weighted by atomic mass is 16.1. The molecule has 21 heavy (non-hydrogen) atoms. The summed E-state index contributed by atoms with van der Waals surface area (Å²) in [5.41, 5.74) is 3.90. The van der Waals surface area contributed by atoms with E-state index in [0.29, 0.717) is 5.69 Å². The highest BCUT2D eigenvalue weighted by Crippen LogP contribution is 2.19. The van der Waals surface area contributed by atoms with Crippen LogP contribution in [-0.4, -0.2) is 10.9 Å². The van der Waals surface area contributed by atoms with Gasteiger partial charge in [0.25, 0.3) is 5.91 Å². The Kier molecular flexibility index (Phi) is 3.48. The van der Waals surface area contributed by atoms with Gasteiger partial charge in [0.15, 0.2) is 0 Å². The van der Waals surface area contributed by atoms with Gasteiger partial charge >= 0.3 is 0 Å². The fourth-order valence-corrected chi connectivity index (χ4v) is 2.62. The largest absolute Gasteiger partial charge is 0.351 e. The van der Waals surface area contributed by atoms with E-state index in [2.05, 4.69) is 23.3 Å². The number of aryl methyl sites for hydroxylation is 1. The maximum absolute atomic E-state index is 12.4. The molecule has 3 nitrogen and oxygen atoms in total. The van der Waals surface area contributed by atoms with E-state index in [1.54, 1.807) is 0 Å². The van der Waals surface area contributed by atoms with Crippen LogP contribution in [0.4, 0.5) is 0 Å². The molecule has 3 rings (SSSR count). The van der Waals surface area contributed by atoms with E-state index in [0.717, 1.165) is 16.5 Å². The molecule has 0 aliphatic rings. The molecule has 0 saturated carbocycles. The van der Waals surface area contributed by atoms with Gasteiger partial charge in [-0.3, -0.25) is 4.79 Å². The van der Waals surface area contributed by atoms with Gasteiger partial charge in [0.05, 0.1) is 6.04 Å². The lowest BCUT2D eigenvalue weighted by Crippen LogP contribution is -2.27. The first-order valence-electron chi connectivity index (χ1n) is 7.09. The summed E-state index contributed by atoms with van der Waals surface area (Å²) in [6, 6.07) is 17.8. The maximum Gasteiger partial charge on any atom is 0.268 e. The quantitative estimate of drug-likeness (QED) is 0.748. The molecular formula is C18H18N2O. The Morgan fingerprint density at radius 1 is 1.10 bits per heavy atom. The van der Waals surface area contributed by atoms with Crippen molar-refractivity contribution >= 4 is 16.8 Å². The first kappa shape index (κ1) is 13.4. The molecule has 1 atom stereocenters. The van der Waals surface area contributed by atoms with Crippen molar-refractivity contribution in [3.8, 4) is 0 Å². The fraction of sp³-hybridized carbons (Fsp3) is 0.167. The third kappa shape index (κ3) is 2.68. The minimum atomic E-state index is -0.0815. The minimum absolute atomic E-state index is 0.0230. The average molecular weight is 278 g/mol. The van der Waals surface area contributed by atoms with Crippen molar-refractivity contribution < 1.29 is 4.79 Å². The summed E-state index contributed by atoms with van der Waals surface area (Å²) in [4.78, 5) is 15.5. The fourth-order valence-electron chi connectivity index (χ4n) is 2.62. The van der Waals surface area contributed by atoms with Gasteiger partial charge in [-0.25, -0.2) is 0 Å². The van der Waals surface area contributed by atoms with Crippen molar-refractivity contribution in [2.24, 2.45) is 0 Å². The molecule has 1 unspecified atom stereocenters. The first-order valence-corrected chi connectivity index (χ1v) is 7.09. The second-order valence-electron chi connectivity index (χ2n) is 5.32. The lowest BCUT2D eigenvalue weighted by Gasteiger charge is -2.16. The van der Waals surface area contributed by atoms with Crippen molar-refractivity contribution in [2.75, 3.05) is 0 Å². The molecule has 0 aliphatic carbocycles. The van der Waals surface area contributed by atoms with Gasteiger partial charge in [-0.2, -0.15) is 0 Å². The predicted octanol–water partition coefficient (Wildman–Crippen LogP) is 3.97. The highest BCUT2D eigenvalue weighted by molar-refractivity contribution is 5.98. The van der Waals surface area contributed by atoms with Gasteiger partial charge in [-0.05, 0) is 37.1 Å². The number of H-pyrrole nitrogens is 1. The molecular weight excluding hydrogens is 260 g/mol. The minimum Gasteiger partial charge on any atom is -0.351 e. The summed E-state index contributed by atoms with van der Waals surface area (Å²) in [6.45, 7) is 4.06. The van der Waals surface area contributed by atoms with Crippen LogP contribution in [0.5, 0.6) is 0 Å². The van der Waals surface area contributed by atoms with Gasteiger partial charge in [-0.15, -0.1) is 0 Å². The summed E-state index contributed by atoms with van der Waals surface area (Å²) in [5, 5.41) is 4.09. The van der Waals surface area contributed by atoms with Crippen LogP contribution in [0.1, 0.15) is 34.6 Å². The number of fused-ring (bicyclic) bond motifs is 1. The smallest absolute Gasteiger partial charge is 0.268 e. The Morgan fingerprint density at radius 2 is 1.81 bits per heavy atom.